The molecule has 0 saturated heterocycles. The molecule has 2 atom stereocenters. The van der Waals surface area contributed by atoms with Gasteiger partial charge in [-0.1, -0.05) is 18.2 Å². The molecule has 1 nitrogen and oxygen atoms in total. The molecule has 2 saturated carbocycles. The highest BCUT2D eigenvalue weighted by molar-refractivity contribution is 5.35. The zero-order valence-corrected chi connectivity index (χ0v) is 14.4. The average Bonchev–Trinajstić information content (AvgIpc) is 3.00. The maximum atomic E-state index is 3.80. The zero-order chi connectivity index (χ0) is 15.3. The normalized spacial score (nSPS) is 31.3. The van der Waals surface area contributed by atoms with Gasteiger partial charge in [0.25, 0.3) is 0 Å². The number of benzene rings is 1. The lowest BCUT2D eigenvalue weighted by Gasteiger charge is -2.36. The molecule has 0 aliphatic heterocycles. The van der Waals surface area contributed by atoms with E-state index in [9.17, 15) is 0 Å². The molecule has 116 valence electrons. The van der Waals surface area contributed by atoms with Gasteiger partial charge < -0.3 is 5.32 Å². The summed E-state index contributed by atoms with van der Waals surface area (Å²) in [6.45, 7) is 12.6. The van der Waals surface area contributed by atoms with E-state index in [-0.39, 0.29) is 5.54 Å². The Morgan fingerprint density at radius 2 is 1.67 bits per heavy atom. The lowest BCUT2D eigenvalue weighted by molar-refractivity contribution is 0.221. The molecule has 0 heterocycles. The molecule has 2 unspecified atom stereocenters. The van der Waals surface area contributed by atoms with Gasteiger partial charge in [0.1, 0.15) is 0 Å². The first-order valence-electron chi connectivity index (χ1n) is 8.58. The number of hydrogen-bond acceptors (Lipinski definition) is 1. The Morgan fingerprint density at radius 3 is 2.19 bits per heavy atom. The smallest absolute Gasteiger partial charge is 0.00967 e. The monoisotopic (exact) mass is 285 g/mol. The molecule has 1 N–H and O–H groups in total. The first-order chi connectivity index (χ1) is 9.78. The molecule has 21 heavy (non-hydrogen) atoms. The van der Waals surface area contributed by atoms with Crippen LogP contribution in [-0.4, -0.2) is 12.1 Å². The van der Waals surface area contributed by atoms with Crippen molar-refractivity contribution in [2.45, 2.75) is 65.8 Å². The van der Waals surface area contributed by atoms with Crippen molar-refractivity contribution in [2.75, 3.05) is 6.54 Å². The fourth-order valence-electron chi connectivity index (χ4n) is 4.31. The Kier molecular flexibility index (Phi) is 3.68. The van der Waals surface area contributed by atoms with E-state index in [0.717, 1.165) is 11.8 Å². The first-order valence-corrected chi connectivity index (χ1v) is 8.58. The number of nitrogens with one attached hydrogen (secondary N) is 1. The number of aryl methyl sites for hydroxylation is 2. The maximum Gasteiger partial charge on any atom is 0.00967 e. The molecule has 0 aromatic heterocycles. The minimum atomic E-state index is 0.223. The van der Waals surface area contributed by atoms with E-state index in [0.29, 0.717) is 5.41 Å². The lowest BCUT2D eigenvalue weighted by atomic mass is 9.75. The van der Waals surface area contributed by atoms with Crippen molar-refractivity contribution in [1.82, 2.24) is 5.32 Å². The van der Waals surface area contributed by atoms with Crippen LogP contribution in [0.25, 0.3) is 0 Å². The third-order valence-corrected chi connectivity index (χ3v) is 5.65. The van der Waals surface area contributed by atoms with Crippen molar-refractivity contribution in [1.29, 1.82) is 0 Å². The topological polar surface area (TPSA) is 12.0 Å². The standard InChI is InChI=1S/C20H31N/c1-14-7-6-8-15(2)18(14)12-20(13-21-19(3,4)5)10-16-9-17(16)11-20/h6-8,16-17,21H,9-13H2,1-5H3. The van der Waals surface area contributed by atoms with Crippen LogP contribution in [0.15, 0.2) is 18.2 Å². The van der Waals surface area contributed by atoms with Crippen molar-refractivity contribution in [2.24, 2.45) is 17.3 Å². The van der Waals surface area contributed by atoms with Gasteiger partial charge in [-0.05, 0) is 94.2 Å². The van der Waals surface area contributed by atoms with Gasteiger partial charge in [-0.15, -0.1) is 0 Å². The van der Waals surface area contributed by atoms with Crippen molar-refractivity contribution in [3.05, 3.63) is 34.9 Å². The van der Waals surface area contributed by atoms with Crippen molar-refractivity contribution in [3.63, 3.8) is 0 Å². The van der Waals surface area contributed by atoms with E-state index in [4.69, 9.17) is 0 Å². The molecule has 0 radical (unpaired) electrons. The van der Waals surface area contributed by atoms with Crippen LogP contribution in [0, 0.1) is 31.1 Å². The summed E-state index contributed by atoms with van der Waals surface area (Å²) in [5.74, 6) is 2.08. The van der Waals surface area contributed by atoms with Crippen LogP contribution in [-0.2, 0) is 6.42 Å². The van der Waals surface area contributed by atoms with Crippen molar-refractivity contribution in [3.8, 4) is 0 Å². The van der Waals surface area contributed by atoms with Crippen LogP contribution in [0.4, 0.5) is 0 Å². The van der Waals surface area contributed by atoms with E-state index >= 15 is 0 Å². The van der Waals surface area contributed by atoms with Crippen LogP contribution in [0.2, 0.25) is 0 Å². The summed E-state index contributed by atoms with van der Waals surface area (Å²) < 4.78 is 0. The second-order valence-corrected chi connectivity index (χ2v) is 8.81. The van der Waals surface area contributed by atoms with Gasteiger partial charge in [0.2, 0.25) is 0 Å². The fraction of sp³-hybridized carbons (Fsp3) is 0.700. The summed E-state index contributed by atoms with van der Waals surface area (Å²) in [6.07, 6.45) is 5.65. The fourth-order valence-corrected chi connectivity index (χ4v) is 4.31. The molecule has 2 aliphatic rings. The minimum Gasteiger partial charge on any atom is -0.312 e. The third-order valence-electron chi connectivity index (χ3n) is 5.65. The third kappa shape index (κ3) is 3.34. The zero-order valence-electron chi connectivity index (χ0n) is 14.4. The molecule has 0 bridgehead atoms. The van der Waals surface area contributed by atoms with E-state index < -0.39 is 0 Å². The summed E-state index contributed by atoms with van der Waals surface area (Å²) in [5, 5.41) is 3.80. The highest BCUT2D eigenvalue weighted by Gasteiger charge is 2.53. The molecular weight excluding hydrogens is 254 g/mol. The SMILES string of the molecule is Cc1cccc(C)c1CC1(CNC(C)(C)C)CC2CC2C1. The minimum absolute atomic E-state index is 0.223. The number of rotatable bonds is 4. The van der Waals surface area contributed by atoms with Gasteiger partial charge in [0, 0.05) is 12.1 Å². The molecule has 1 aromatic carbocycles. The van der Waals surface area contributed by atoms with Crippen LogP contribution in [0.3, 0.4) is 0 Å². The Hall–Kier alpha value is -0.820. The van der Waals surface area contributed by atoms with Crippen LogP contribution < -0.4 is 5.32 Å². The Morgan fingerprint density at radius 1 is 1.10 bits per heavy atom. The van der Waals surface area contributed by atoms with Crippen molar-refractivity contribution < 1.29 is 0 Å². The summed E-state index contributed by atoms with van der Waals surface area (Å²) in [6, 6.07) is 6.76. The van der Waals surface area contributed by atoms with E-state index in [1.165, 1.54) is 43.4 Å². The highest BCUT2D eigenvalue weighted by atomic mass is 15.0. The lowest BCUT2D eigenvalue weighted by Crippen LogP contribution is -2.44. The summed E-state index contributed by atoms with van der Waals surface area (Å²) in [5.41, 5.74) is 5.28. The molecular formula is C20H31N. The second-order valence-electron chi connectivity index (χ2n) is 8.81. The predicted molar refractivity (Wildman–Crippen MR) is 90.6 cm³/mol. The van der Waals surface area contributed by atoms with Crippen LogP contribution >= 0.6 is 0 Å². The number of fused-ring (bicyclic) bond motifs is 1. The van der Waals surface area contributed by atoms with E-state index in [1.54, 1.807) is 5.56 Å². The second kappa shape index (κ2) is 5.12. The van der Waals surface area contributed by atoms with Crippen molar-refractivity contribution >= 4 is 0 Å². The summed E-state index contributed by atoms with van der Waals surface area (Å²) in [7, 11) is 0. The first kappa shape index (κ1) is 15.1. The average molecular weight is 285 g/mol. The molecule has 1 heteroatoms. The van der Waals surface area contributed by atoms with E-state index in [2.05, 4.69) is 58.1 Å². The molecule has 2 aliphatic carbocycles. The van der Waals surface area contributed by atoms with Gasteiger partial charge in [-0.3, -0.25) is 0 Å². The van der Waals surface area contributed by atoms with Crippen LogP contribution in [0.1, 0.15) is 56.7 Å². The van der Waals surface area contributed by atoms with Gasteiger partial charge in [-0.25, -0.2) is 0 Å². The van der Waals surface area contributed by atoms with Gasteiger partial charge in [-0.2, -0.15) is 0 Å². The van der Waals surface area contributed by atoms with Gasteiger partial charge in [0.15, 0.2) is 0 Å². The Bertz CT molecular complexity index is 493. The van der Waals surface area contributed by atoms with Gasteiger partial charge in [0.05, 0.1) is 0 Å². The largest absolute Gasteiger partial charge is 0.312 e. The summed E-state index contributed by atoms with van der Waals surface area (Å²) in [4.78, 5) is 0. The molecule has 1 aromatic rings. The number of hydrogen-bond donors (Lipinski definition) is 1. The predicted octanol–water partition coefficient (Wildman–Crippen LogP) is 4.65. The molecule has 3 rings (SSSR count). The maximum absolute atomic E-state index is 3.80. The van der Waals surface area contributed by atoms with Gasteiger partial charge >= 0.3 is 0 Å². The Labute approximate surface area is 130 Å². The van der Waals surface area contributed by atoms with Crippen LogP contribution in [0.5, 0.6) is 0 Å². The molecule has 0 amide bonds. The van der Waals surface area contributed by atoms with E-state index in [1.807, 2.05) is 0 Å². The quantitative estimate of drug-likeness (QED) is 0.849. The molecule has 2 fully saturated rings. The molecule has 0 spiro atoms. The highest BCUT2D eigenvalue weighted by Crippen LogP contribution is 2.60. The Balaban J connectivity index is 1.80. The summed E-state index contributed by atoms with van der Waals surface area (Å²) >= 11 is 0.